The van der Waals surface area contributed by atoms with Gasteiger partial charge in [-0.1, -0.05) is 43.9 Å². The Hall–Kier alpha value is -2.37. The van der Waals surface area contributed by atoms with Gasteiger partial charge in [-0.3, -0.25) is 9.47 Å². The Kier molecular flexibility index (Phi) is 6.16. The van der Waals surface area contributed by atoms with Crippen molar-refractivity contribution in [3.05, 3.63) is 40.7 Å². The molecule has 1 aromatic carbocycles. The summed E-state index contributed by atoms with van der Waals surface area (Å²) < 4.78 is 2.17. The standard InChI is InChI=1S/C23H33N5O/c1-17-10-9-11-19(18(17)2)16-28(23(29)24-20-12-5-3-6-13-20)22-26-25-21-14-7-4-8-15-27(21)22/h9-11,20H,3-8,12-16H2,1-2H3,(H,24,29). The molecule has 4 rings (SSSR count). The molecule has 2 heterocycles. The van der Waals surface area contributed by atoms with Crippen LogP contribution in [0.1, 0.15) is 73.9 Å². The normalized spacial score (nSPS) is 17.4. The van der Waals surface area contributed by atoms with Crippen LogP contribution in [-0.4, -0.2) is 26.8 Å². The molecule has 156 valence electrons. The zero-order chi connectivity index (χ0) is 20.2. The molecule has 2 aliphatic rings. The monoisotopic (exact) mass is 395 g/mol. The lowest BCUT2D eigenvalue weighted by molar-refractivity contribution is 0.237. The number of aromatic nitrogens is 3. The third-order valence-electron chi connectivity index (χ3n) is 6.55. The molecule has 1 N–H and O–H groups in total. The summed E-state index contributed by atoms with van der Waals surface area (Å²) in [6.45, 7) is 5.66. The minimum atomic E-state index is -0.0442. The van der Waals surface area contributed by atoms with Crippen molar-refractivity contribution in [1.82, 2.24) is 20.1 Å². The Morgan fingerprint density at radius 2 is 1.90 bits per heavy atom. The van der Waals surface area contributed by atoms with Gasteiger partial charge in [-0.05, 0) is 56.2 Å². The van der Waals surface area contributed by atoms with Crippen LogP contribution in [0.15, 0.2) is 18.2 Å². The van der Waals surface area contributed by atoms with E-state index in [-0.39, 0.29) is 12.1 Å². The molecule has 1 aliphatic carbocycles. The molecule has 0 spiro atoms. The van der Waals surface area contributed by atoms with E-state index in [1.54, 1.807) is 0 Å². The molecule has 6 heteroatoms. The maximum atomic E-state index is 13.4. The fraction of sp³-hybridized carbons (Fsp3) is 0.609. The van der Waals surface area contributed by atoms with Gasteiger partial charge in [-0.25, -0.2) is 4.79 Å². The first kappa shape index (κ1) is 19.9. The number of urea groups is 1. The number of fused-ring (bicyclic) bond motifs is 1. The van der Waals surface area contributed by atoms with Gasteiger partial charge in [0.25, 0.3) is 0 Å². The third kappa shape index (κ3) is 4.46. The van der Waals surface area contributed by atoms with Gasteiger partial charge in [0.2, 0.25) is 5.95 Å². The van der Waals surface area contributed by atoms with Gasteiger partial charge in [-0.2, -0.15) is 0 Å². The number of hydrogen-bond acceptors (Lipinski definition) is 3. The van der Waals surface area contributed by atoms with Gasteiger partial charge in [0.1, 0.15) is 5.82 Å². The lowest BCUT2D eigenvalue weighted by Crippen LogP contribution is -2.46. The minimum Gasteiger partial charge on any atom is -0.335 e. The Morgan fingerprint density at radius 1 is 1.10 bits per heavy atom. The zero-order valence-electron chi connectivity index (χ0n) is 17.8. The Balaban J connectivity index is 1.64. The van der Waals surface area contributed by atoms with Crippen molar-refractivity contribution < 1.29 is 4.79 Å². The van der Waals surface area contributed by atoms with Crippen LogP contribution in [0, 0.1) is 13.8 Å². The molecular weight excluding hydrogens is 362 g/mol. The van der Waals surface area contributed by atoms with Crippen LogP contribution in [0.3, 0.4) is 0 Å². The Morgan fingerprint density at radius 3 is 2.72 bits per heavy atom. The van der Waals surface area contributed by atoms with E-state index in [9.17, 15) is 4.79 Å². The number of nitrogens with one attached hydrogen (secondary N) is 1. The molecule has 0 atom stereocenters. The van der Waals surface area contributed by atoms with E-state index >= 15 is 0 Å². The van der Waals surface area contributed by atoms with Crippen LogP contribution in [0.25, 0.3) is 0 Å². The minimum absolute atomic E-state index is 0.0442. The molecule has 1 aliphatic heterocycles. The molecule has 2 aromatic rings. The predicted molar refractivity (Wildman–Crippen MR) is 115 cm³/mol. The Bertz CT molecular complexity index is 853. The second kappa shape index (κ2) is 8.97. The van der Waals surface area contributed by atoms with Crippen LogP contribution in [0.5, 0.6) is 0 Å². The average Bonchev–Trinajstić information content (AvgIpc) is 2.97. The molecule has 0 radical (unpaired) electrons. The van der Waals surface area contributed by atoms with Crippen molar-refractivity contribution in [3.8, 4) is 0 Å². The molecular formula is C23H33N5O. The lowest BCUT2D eigenvalue weighted by atomic mass is 9.96. The van der Waals surface area contributed by atoms with E-state index in [4.69, 9.17) is 0 Å². The van der Waals surface area contributed by atoms with E-state index in [2.05, 4.69) is 52.1 Å². The van der Waals surface area contributed by atoms with Gasteiger partial charge in [0, 0.05) is 19.0 Å². The van der Waals surface area contributed by atoms with E-state index in [1.165, 1.54) is 36.8 Å². The van der Waals surface area contributed by atoms with Crippen molar-refractivity contribution in [2.75, 3.05) is 4.90 Å². The van der Waals surface area contributed by atoms with Gasteiger partial charge in [-0.15, -0.1) is 10.2 Å². The average molecular weight is 396 g/mol. The number of amides is 2. The van der Waals surface area contributed by atoms with Gasteiger partial charge >= 0.3 is 6.03 Å². The smallest absolute Gasteiger partial charge is 0.324 e. The summed E-state index contributed by atoms with van der Waals surface area (Å²) in [5.41, 5.74) is 3.64. The van der Waals surface area contributed by atoms with Gasteiger partial charge in [0.05, 0.1) is 6.54 Å². The maximum absolute atomic E-state index is 13.4. The molecule has 1 aromatic heterocycles. The summed E-state index contributed by atoms with van der Waals surface area (Å²) in [4.78, 5) is 15.2. The maximum Gasteiger partial charge on any atom is 0.324 e. The van der Waals surface area contributed by atoms with E-state index in [1.807, 2.05) is 4.90 Å². The van der Waals surface area contributed by atoms with Gasteiger partial charge < -0.3 is 5.32 Å². The first-order valence-corrected chi connectivity index (χ1v) is 11.2. The highest BCUT2D eigenvalue weighted by Gasteiger charge is 2.27. The quantitative estimate of drug-likeness (QED) is 0.818. The van der Waals surface area contributed by atoms with Crippen molar-refractivity contribution in [2.24, 2.45) is 0 Å². The van der Waals surface area contributed by atoms with Crippen LogP contribution in [0.4, 0.5) is 10.7 Å². The largest absolute Gasteiger partial charge is 0.335 e. The van der Waals surface area contributed by atoms with E-state index < -0.39 is 0 Å². The number of carbonyl (C=O) groups excluding carboxylic acids is 1. The summed E-state index contributed by atoms with van der Waals surface area (Å²) in [5.74, 6) is 1.70. The van der Waals surface area contributed by atoms with Crippen LogP contribution >= 0.6 is 0 Å². The van der Waals surface area contributed by atoms with E-state index in [0.29, 0.717) is 12.5 Å². The topological polar surface area (TPSA) is 63.1 Å². The molecule has 29 heavy (non-hydrogen) atoms. The van der Waals surface area contributed by atoms with Crippen molar-refractivity contribution in [1.29, 1.82) is 0 Å². The highest BCUT2D eigenvalue weighted by atomic mass is 16.2. The zero-order valence-corrected chi connectivity index (χ0v) is 17.8. The lowest BCUT2D eigenvalue weighted by Gasteiger charge is -2.28. The first-order valence-electron chi connectivity index (χ1n) is 11.2. The van der Waals surface area contributed by atoms with Crippen molar-refractivity contribution >= 4 is 12.0 Å². The molecule has 1 saturated carbocycles. The number of anilines is 1. The molecule has 0 saturated heterocycles. The summed E-state index contributed by atoms with van der Waals surface area (Å²) in [6, 6.07) is 6.53. The number of hydrogen-bond donors (Lipinski definition) is 1. The second-order valence-electron chi connectivity index (χ2n) is 8.61. The fourth-order valence-electron chi connectivity index (χ4n) is 4.56. The SMILES string of the molecule is Cc1cccc(CN(C(=O)NC2CCCCC2)c2nnc3n2CCCCC3)c1C. The summed E-state index contributed by atoms with van der Waals surface area (Å²) in [7, 11) is 0. The first-order chi connectivity index (χ1) is 14.1. The van der Waals surface area contributed by atoms with Crippen molar-refractivity contribution in [3.63, 3.8) is 0 Å². The van der Waals surface area contributed by atoms with Crippen LogP contribution < -0.4 is 10.2 Å². The summed E-state index contributed by atoms with van der Waals surface area (Å²) >= 11 is 0. The number of nitrogens with zero attached hydrogens (tertiary/aromatic N) is 4. The third-order valence-corrected chi connectivity index (χ3v) is 6.55. The highest BCUT2D eigenvalue weighted by molar-refractivity contribution is 5.90. The number of benzene rings is 1. The number of rotatable bonds is 4. The van der Waals surface area contributed by atoms with Crippen LogP contribution in [-0.2, 0) is 19.5 Å². The van der Waals surface area contributed by atoms with Crippen LogP contribution in [0.2, 0.25) is 0 Å². The molecule has 0 bridgehead atoms. The molecule has 1 fully saturated rings. The molecule has 6 nitrogen and oxygen atoms in total. The summed E-state index contributed by atoms with van der Waals surface area (Å²) in [5, 5.41) is 12.2. The van der Waals surface area contributed by atoms with Crippen molar-refractivity contribution in [2.45, 2.75) is 90.8 Å². The summed E-state index contributed by atoms with van der Waals surface area (Å²) in [6.07, 6.45) is 10.2. The predicted octanol–water partition coefficient (Wildman–Crippen LogP) is 4.67. The molecule has 0 unspecified atom stereocenters. The Labute approximate surface area is 173 Å². The molecule has 2 amide bonds. The van der Waals surface area contributed by atoms with Gasteiger partial charge in [0.15, 0.2) is 0 Å². The van der Waals surface area contributed by atoms with E-state index in [0.717, 1.165) is 50.0 Å². The fourth-order valence-corrected chi connectivity index (χ4v) is 4.56. The highest BCUT2D eigenvalue weighted by Crippen LogP contribution is 2.24. The number of aryl methyl sites for hydroxylation is 2. The second-order valence-corrected chi connectivity index (χ2v) is 8.61. The number of carbonyl (C=O) groups is 1.